The minimum atomic E-state index is 0.614. The predicted octanol–water partition coefficient (Wildman–Crippen LogP) is 3.11. The van der Waals surface area contributed by atoms with E-state index in [0.717, 1.165) is 11.3 Å². The van der Waals surface area contributed by atoms with E-state index >= 15 is 0 Å². The van der Waals surface area contributed by atoms with Crippen LogP contribution in [-0.2, 0) is 0 Å². The molecule has 4 heteroatoms. The van der Waals surface area contributed by atoms with E-state index in [-0.39, 0.29) is 0 Å². The van der Waals surface area contributed by atoms with E-state index in [9.17, 15) is 0 Å². The van der Waals surface area contributed by atoms with Crippen molar-refractivity contribution in [2.24, 2.45) is 0 Å². The van der Waals surface area contributed by atoms with E-state index < -0.39 is 0 Å². The predicted molar refractivity (Wildman–Crippen MR) is 61.0 cm³/mol. The third-order valence-electron chi connectivity index (χ3n) is 2.44. The first-order chi connectivity index (χ1) is 8.34. The molecule has 0 saturated carbocycles. The highest BCUT2D eigenvalue weighted by molar-refractivity contribution is 5.76. The van der Waals surface area contributed by atoms with Gasteiger partial charge in [-0.15, -0.1) is 0 Å². The fourth-order valence-electron chi connectivity index (χ4n) is 1.65. The molecule has 1 radical (unpaired) electrons. The largest absolute Gasteiger partial charge is 0.356 e. The van der Waals surface area contributed by atoms with Crippen molar-refractivity contribution in [3.8, 4) is 22.6 Å². The molecule has 2 aromatic heterocycles. The van der Waals surface area contributed by atoms with Crippen LogP contribution >= 0.6 is 0 Å². The van der Waals surface area contributed by atoms with Crippen LogP contribution in [0.15, 0.2) is 45.4 Å². The van der Waals surface area contributed by atoms with Gasteiger partial charge in [-0.25, -0.2) is 0 Å². The number of nitrogens with zero attached hydrogens (tertiary/aromatic N) is 2. The second-order valence-electron chi connectivity index (χ2n) is 3.71. The summed E-state index contributed by atoms with van der Waals surface area (Å²) < 4.78 is 10.1. The summed E-state index contributed by atoms with van der Waals surface area (Å²) in [5.74, 6) is 0.614. The summed E-state index contributed by atoms with van der Waals surface area (Å²) in [7, 11) is 0. The molecule has 4 nitrogen and oxygen atoms in total. The minimum Gasteiger partial charge on any atom is -0.356 e. The molecule has 0 amide bonds. The summed E-state index contributed by atoms with van der Waals surface area (Å²) >= 11 is 0. The normalized spacial score (nSPS) is 10.6. The Hall–Kier alpha value is -2.36. The van der Waals surface area contributed by atoms with Crippen LogP contribution in [0.2, 0.25) is 0 Å². The van der Waals surface area contributed by atoms with Crippen LogP contribution < -0.4 is 0 Å². The Kier molecular flexibility index (Phi) is 2.26. The van der Waals surface area contributed by atoms with Gasteiger partial charge in [-0.3, -0.25) is 0 Å². The van der Waals surface area contributed by atoms with Gasteiger partial charge in [0.05, 0.1) is 11.3 Å². The van der Waals surface area contributed by atoms with Crippen LogP contribution in [0.4, 0.5) is 0 Å². The monoisotopic (exact) mass is 225 g/mol. The van der Waals surface area contributed by atoms with Gasteiger partial charge in [0, 0.05) is 11.6 Å². The molecule has 0 fully saturated rings. The summed E-state index contributed by atoms with van der Waals surface area (Å²) in [6, 6.07) is 11.6. The summed E-state index contributed by atoms with van der Waals surface area (Å²) in [5, 5.41) is 7.80. The zero-order chi connectivity index (χ0) is 11.7. The molecule has 0 unspecified atom stereocenters. The number of rotatable bonds is 2. The zero-order valence-electron chi connectivity index (χ0n) is 9.18. The maximum atomic E-state index is 5.19. The third kappa shape index (κ3) is 1.73. The quantitative estimate of drug-likeness (QED) is 0.672. The summed E-state index contributed by atoms with van der Waals surface area (Å²) in [4.78, 5) is 0. The lowest BCUT2D eigenvalue weighted by Gasteiger charge is -1.96. The van der Waals surface area contributed by atoms with Gasteiger partial charge in [0.25, 0.3) is 0 Å². The smallest absolute Gasteiger partial charge is 0.217 e. The van der Waals surface area contributed by atoms with Gasteiger partial charge in [-0.1, -0.05) is 40.6 Å². The molecule has 0 aliphatic carbocycles. The molecule has 0 aliphatic rings. The molecule has 2 heterocycles. The lowest BCUT2D eigenvalue weighted by atomic mass is 10.1. The first-order valence-electron chi connectivity index (χ1n) is 5.21. The number of hydrogen-bond acceptors (Lipinski definition) is 4. The first kappa shape index (κ1) is 9.84. The average molecular weight is 225 g/mol. The number of benzene rings is 1. The van der Waals surface area contributed by atoms with E-state index in [2.05, 4.69) is 16.6 Å². The summed E-state index contributed by atoms with van der Waals surface area (Å²) in [6.45, 7) is 1.86. The molecule has 0 bridgehead atoms. The lowest BCUT2D eigenvalue weighted by Crippen LogP contribution is -1.80. The topological polar surface area (TPSA) is 52.1 Å². The molecular formula is C13H9N2O2. The summed E-state index contributed by atoms with van der Waals surface area (Å²) in [6.07, 6.45) is 2.71. The Balaban J connectivity index is 2.12. The molecule has 0 saturated heterocycles. The van der Waals surface area contributed by atoms with Crippen LogP contribution in [0.25, 0.3) is 22.6 Å². The van der Waals surface area contributed by atoms with Gasteiger partial charge in [0.2, 0.25) is 6.26 Å². The molecule has 1 aromatic carbocycles. The molecule has 0 N–H and O–H groups in total. The maximum Gasteiger partial charge on any atom is 0.217 e. The van der Waals surface area contributed by atoms with Gasteiger partial charge >= 0.3 is 0 Å². The minimum absolute atomic E-state index is 0.614. The Labute approximate surface area is 97.8 Å². The van der Waals surface area contributed by atoms with Crippen molar-refractivity contribution >= 4 is 0 Å². The van der Waals surface area contributed by atoms with Crippen LogP contribution in [0.1, 0.15) is 5.69 Å². The van der Waals surface area contributed by atoms with Crippen LogP contribution in [0.3, 0.4) is 0 Å². The van der Waals surface area contributed by atoms with Crippen LogP contribution in [-0.4, -0.2) is 10.3 Å². The van der Waals surface area contributed by atoms with Crippen molar-refractivity contribution in [3.05, 3.63) is 48.4 Å². The highest BCUT2D eigenvalue weighted by Gasteiger charge is 2.16. The van der Waals surface area contributed by atoms with Crippen LogP contribution in [0.5, 0.6) is 0 Å². The van der Waals surface area contributed by atoms with Crippen molar-refractivity contribution in [1.29, 1.82) is 0 Å². The Bertz CT molecular complexity index is 626. The second kappa shape index (κ2) is 3.90. The van der Waals surface area contributed by atoms with E-state index in [1.165, 1.54) is 0 Å². The second-order valence-corrected chi connectivity index (χ2v) is 3.71. The Morgan fingerprint density at radius 1 is 1.12 bits per heavy atom. The SMILES string of the molecule is Cc1cc(-c2[c]onc2-c2ccccc2)on1. The average Bonchev–Trinajstić information content (AvgIpc) is 2.98. The van der Waals surface area contributed by atoms with Gasteiger partial charge in [-0.2, -0.15) is 0 Å². The third-order valence-corrected chi connectivity index (χ3v) is 2.44. The molecule has 0 atom stereocenters. The Morgan fingerprint density at radius 2 is 1.94 bits per heavy atom. The first-order valence-corrected chi connectivity index (χ1v) is 5.21. The molecule has 3 aromatic rings. The molecule has 0 aliphatic heterocycles. The highest BCUT2D eigenvalue weighted by atomic mass is 16.5. The van der Waals surface area contributed by atoms with Crippen molar-refractivity contribution in [2.75, 3.05) is 0 Å². The van der Waals surface area contributed by atoms with Crippen molar-refractivity contribution < 1.29 is 9.05 Å². The van der Waals surface area contributed by atoms with E-state index in [0.29, 0.717) is 17.0 Å². The number of aryl methyl sites for hydroxylation is 1. The van der Waals surface area contributed by atoms with Gasteiger partial charge in [0.15, 0.2) is 5.76 Å². The van der Waals surface area contributed by atoms with Crippen LogP contribution in [0, 0.1) is 13.2 Å². The van der Waals surface area contributed by atoms with Gasteiger partial charge in [-0.05, 0) is 6.92 Å². The molecule has 0 spiro atoms. The number of aromatic nitrogens is 2. The summed E-state index contributed by atoms with van der Waals surface area (Å²) in [5.41, 5.74) is 3.17. The van der Waals surface area contributed by atoms with E-state index in [1.54, 1.807) is 0 Å². The highest BCUT2D eigenvalue weighted by Crippen LogP contribution is 2.30. The van der Waals surface area contributed by atoms with Crippen molar-refractivity contribution in [1.82, 2.24) is 10.3 Å². The zero-order valence-corrected chi connectivity index (χ0v) is 9.18. The molecule has 83 valence electrons. The van der Waals surface area contributed by atoms with Gasteiger partial charge < -0.3 is 9.05 Å². The maximum absolute atomic E-state index is 5.19. The molecular weight excluding hydrogens is 216 g/mol. The standard InChI is InChI=1S/C13H9N2O2/c1-9-7-12(17-14-9)11-8-16-15-13(11)10-5-3-2-4-6-10/h2-7H,1H3. The van der Waals surface area contributed by atoms with Gasteiger partial charge in [0.1, 0.15) is 5.69 Å². The van der Waals surface area contributed by atoms with E-state index in [1.807, 2.05) is 43.3 Å². The van der Waals surface area contributed by atoms with Crippen molar-refractivity contribution in [2.45, 2.75) is 6.92 Å². The fourth-order valence-corrected chi connectivity index (χ4v) is 1.65. The number of hydrogen-bond donors (Lipinski definition) is 0. The molecule has 3 rings (SSSR count). The lowest BCUT2D eigenvalue weighted by molar-refractivity contribution is 0.411. The van der Waals surface area contributed by atoms with Crippen molar-refractivity contribution in [3.63, 3.8) is 0 Å². The Morgan fingerprint density at radius 3 is 2.65 bits per heavy atom. The molecule has 17 heavy (non-hydrogen) atoms. The van der Waals surface area contributed by atoms with E-state index in [4.69, 9.17) is 9.05 Å². The fraction of sp³-hybridized carbons (Fsp3) is 0.0769.